The van der Waals surface area contributed by atoms with Crippen LogP contribution in [0.2, 0.25) is 0 Å². The minimum atomic E-state index is -3.20. The Hall–Kier alpha value is -3.17. The third-order valence-corrected chi connectivity index (χ3v) is 8.85. The quantitative estimate of drug-likeness (QED) is 0.404. The lowest BCUT2D eigenvalue weighted by molar-refractivity contribution is -0.121. The minimum absolute atomic E-state index is 0.0232. The first-order valence-corrected chi connectivity index (χ1v) is 14.1. The monoisotopic (exact) mass is 510 g/mol. The number of carbonyl (C=O) groups is 2. The van der Waals surface area contributed by atoms with Gasteiger partial charge in [0.25, 0.3) is 5.91 Å². The summed E-state index contributed by atoms with van der Waals surface area (Å²) in [7, 11) is -3.20. The van der Waals surface area contributed by atoms with Crippen LogP contribution in [-0.4, -0.2) is 48.4 Å². The number of sulfonamides is 1. The van der Waals surface area contributed by atoms with Gasteiger partial charge < -0.3 is 16.0 Å². The van der Waals surface area contributed by atoms with Gasteiger partial charge in [-0.3, -0.25) is 9.59 Å². The molecule has 0 atom stereocenters. The van der Waals surface area contributed by atoms with Crippen molar-refractivity contribution in [1.29, 1.82) is 0 Å². The predicted molar refractivity (Wildman–Crippen MR) is 142 cm³/mol. The first-order valence-electron chi connectivity index (χ1n) is 12.5. The highest BCUT2D eigenvalue weighted by atomic mass is 32.2. The molecule has 1 aromatic heterocycles. The van der Waals surface area contributed by atoms with E-state index in [1.165, 1.54) is 0 Å². The maximum absolute atomic E-state index is 12.4. The number of H-pyrrole nitrogens is 1. The summed E-state index contributed by atoms with van der Waals surface area (Å²) in [5.74, 6) is -0.201. The standard InChI is InChI=1S/C27H34N4O4S/c1-3-6-25(32)29-16-18-7-5-8-20(13-18)21-14-22-24(17-30-26(22)23(15-21)27(28)33)19-9-11-31(12-10-19)36(34,35)4-2/h5,7-8,13-15,17,19,30H,3-4,6,9-12,16H2,1-2H3,(H2,28,33)(H,29,32). The Morgan fingerprint density at radius 3 is 2.53 bits per heavy atom. The lowest BCUT2D eigenvalue weighted by Crippen LogP contribution is -2.38. The molecule has 8 nitrogen and oxygen atoms in total. The van der Waals surface area contributed by atoms with E-state index in [1.54, 1.807) is 17.3 Å². The van der Waals surface area contributed by atoms with Gasteiger partial charge in [-0.15, -0.1) is 0 Å². The second-order valence-corrected chi connectivity index (χ2v) is 11.6. The number of nitrogens with zero attached hydrogens (tertiary/aromatic N) is 1. The van der Waals surface area contributed by atoms with Crippen molar-refractivity contribution >= 4 is 32.7 Å². The highest BCUT2D eigenvalue weighted by Gasteiger charge is 2.29. The van der Waals surface area contributed by atoms with Crippen LogP contribution in [0.5, 0.6) is 0 Å². The summed E-state index contributed by atoms with van der Waals surface area (Å²) in [4.78, 5) is 27.5. The summed E-state index contributed by atoms with van der Waals surface area (Å²) >= 11 is 0. The second-order valence-electron chi connectivity index (χ2n) is 9.36. The van der Waals surface area contributed by atoms with Crippen LogP contribution < -0.4 is 11.1 Å². The molecule has 4 N–H and O–H groups in total. The van der Waals surface area contributed by atoms with Crippen LogP contribution >= 0.6 is 0 Å². The van der Waals surface area contributed by atoms with Gasteiger partial charge in [0, 0.05) is 37.6 Å². The lowest BCUT2D eigenvalue weighted by Gasteiger charge is -2.31. The molecular weight excluding hydrogens is 476 g/mol. The number of hydrogen-bond acceptors (Lipinski definition) is 4. The molecule has 1 aliphatic rings. The van der Waals surface area contributed by atoms with Gasteiger partial charge in [0.2, 0.25) is 15.9 Å². The van der Waals surface area contributed by atoms with Crippen LogP contribution in [0, 0.1) is 0 Å². The number of aromatic nitrogens is 1. The number of nitrogens with one attached hydrogen (secondary N) is 2. The Morgan fingerprint density at radius 2 is 1.86 bits per heavy atom. The number of amides is 2. The molecule has 9 heteroatoms. The van der Waals surface area contributed by atoms with E-state index in [0.717, 1.165) is 46.9 Å². The fourth-order valence-electron chi connectivity index (χ4n) is 4.96. The second kappa shape index (κ2) is 10.8. The normalized spacial score (nSPS) is 15.3. The molecule has 2 heterocycles. The first-order chi connectivity index (χ1) is 17.2. The van der Waals surface area contributed by atoms with Gasteiger partial charge >= 0.3 is 0 Å². The van der Waals surface area contributed by atoms with Crippen LogP contribution in [0.15, 0.2) is 42.6 Å². The van der Waals surface area contributed by atoms with Crippen molar-refractivity contribution < 1.29 is 18.0 Å². The SMILES string of the molecule is CCCC(=O)NCc1cccc(-c2cc(C(N)=O)c3[nH]cc(C4CCN(S(=O)(=O)CC)CC4)c3c2)c1. The van der Waals surface area contributed by atoms with Crippen LogP contribution in [0.1, 0.15) is 66.9 Å². The Labute approximate surface area is 212 Å². The fraction of sp³-hybridized carbons (Fsp3) is 0.407. The average Bonchev–Trinajstić information content (AvgIpc) is 3.31. The van der Waals surface area contributed by atoms with Gasteiger partial charge in [0.1, 0.15) is 0 Å². The lowest BCUT2D eigenvalue weighted by atomic mass is 9.88. The number of rotatable bonds is 9. The zero-order valence-corrected chi connectivity index (χ0v) is 21.7. The molecule has 3 aromatic rings. The van der Waals surface area contributed by atoms with Crippen molar-refractivity contribution in [2.45, 2.75) is 52.0 Å². The Kier molecular flexibility index (Phi) is 7.80. The Bertz CT molecular complexity index is 1370. The summed E-state index contributed by atoms with van der Waals surface area (Å²) < 4.78 is 26.1. The number of carbonyl (C=O) groups excluding carboxylic acids is 2. The van der Waals surface area contributed by atoms with Crippen LogP contribution in [0.4, 0.5) is 0 Å². The third kappa shape index (κ3) is 5.47. The molecule has 0 bridgehead atoms. The van der Waals surface area contributed by atoms with Crippen molar-refractivity contribution in [1.82, 2.24) is 14.6 Å². The van der Waals surface area contributed by atoms with Crippen LogP contribution in [0.25, 0.3) is 22.0 Å². The van der Waals surface area contributed by atoms with Gasteiger partial charge in [-0.2, -0.15) is 0 Å². The Morgan fingerprint density at radius 1 is 1.11 bits per heavy atom. The summed E-state index contributed by atoms with van der Waals surface area (Å²) in [6.45, 7) is 5.05. The zero-order valence-electron chi connectivity index (χ0n) is 20.8. The van der Waals surface area contributed by atoms with Gasteiger partial charge in [0.15, 0.2) is 0 Å². The van der Waals surface area contributed by atoms with Crippen molar-refractivity contribution in [3.8, 4) is 11.1 Å². The molecular formula is C27H34N4O4S. The summed E-state index contributed by atoms with van der Waals surface area (Å²) in [6.07, 6.45) is 4.66. The van der Waals surface area contributed by atoms with Gasteiger partial charge in [-0.25, -0.2) is 12.7 Å². The Balaban J connectivity index is 1.65. The number of benzene rings is 2. The van der Waals surface area contributed by atoms with E-state index in [0.29, 0.717) is 37.1 Å². The van der Waals surface area contributed by atoms with Crippen molar-refractivity contribution in [3.63, 3.8) is 0 Å². The molecule has 0 aliphatic carbocycles. The topological polar surface area (TPSA) is 125 Å². The fourth-order valence-corrected chi connectivity index (χ4v) is 6.09. The van der Waals surface area contributed by atoms with E-state index in [4.69, 9.17) is 5.73 Å². The van der Waals surface area contributed by atoms with Gasteiger partial charge in [0.05, 0.1) is 16.8 Å². The van der Waals surface area contributed by atoms with Crippen molar-refractivity contribution in [3.05, 3.63) is 59.3 Å². The number of primary amides is 1. The van der Waals surface area contributed by atoms with E-state index in [-0.39, 0.29) is 17.6 Å². The number of nitrogens with two attached hydrogens (primary N) is 1. The first kappa shape index (κ1) is 25.9. The zero-order chi connectivity index (χ0) is 25.9. The van der Waals surface area contributed by atoms with E-state index in [9.17, 15) is 18.0 Å². The van der Waals surface area contributed by atoms with Gasteiger partial charge in [-0.05, 0) is 72.6 Å². The van der Waals surface area contributed by atoms with E-state index in [1.807, 2.05) is 37.4 Å². The molecule has 4 rings (SSSR count). The van der Waals surface area contributed by atoms with Crippen molar-refractivity contribution in [2.24, 2.45) is 5.73 Å². The molecule has 1 saturated heterocycles. The number of fused-ring (bicyclic) bond motifs is 1. The molecule has 0 saturated carbocycles. The maximum atomic E-state index is 12.4. The minimum Gasteiger partial charge on any atom is -0.366 e. The molecule has 2 amide bonds. The van der Waals surface area contributed by atoms with E-state index in [2.05, 4.69) is 16.4 Å². The molecule has 0 spiro atoms. The van der Waals surface area contributed by atoms with Crippen LogP contribution in [-0.2, 0) is 21.4 Å². The molecule has 36 heavy (non-hydrogen) atoms. The molecule has 1 aliphatic heterocycles. The third-order valence-electron chi connectivity index (χ3n) is 6.97. The van der Waals surface area contributed by atoms with Gasteiger partial charge in [-0.1, -0.05) is 25.1 Å². The molecule has 0 unspecified atom stereocenters. The molecule has 0 radical (unpaired) electrons. The predicted octanol–water partition coefficient (Wildman–Crippen LogP) is 3.88. The van der Waals surface area contributed by atoms with Crippen molar-refractivity contribution in [2.75, 3.05) is 18.8 Å². The highest BCUT2D eigenvalue weighted by molar-refractivity contribution is 7.89. The number of piperidine rings is 1. The molecule has 192 valence electrons. The summed E-state index contributed by atoms with van der Waals surface area (Å²) in [5.41, 5.74) is 10.7. The largest absolute Gasteiger partial charge is 0.366 e. The van der Waals surface area contributed by atoms with E-state index < -0.39 is 15.9 Å². The van der Waals surface area contributed by atoms with E-state index >= 15 is 0 Å². The summed E-state index contributed by atoms with van der Waals surface area (Å²) in [6, 6.07) is 11.8. The summed E-state index contributed by atoms with van der Waals surface area (Å²) in [5, 5.41) is 3.87. The average molecular weight is 511 g/mol. The maximum Gasteiger partial charge on any atom is 0.250 e. The van der Waals surface area contributed by atoms with Crippen LogP contribution in [0.3, 0.4) is 0 Å². The number of aromatic amines is 1. The molecule has 1 fully saturated rings. The highest BCUT2D eigenvalue weighted by Crippen LogP contribution is 2.37. The molecule has 2 aromatic carbocycles. The smallest absolute Gasteiger partial charge is 0.250 e. The number of hydrogen-bond donors (Lipinski definition) is 3.